The zero-order chi connectivity index (χ0) is 23.5. The summed E-state index contributed by atoms with van der Waals surface area (Å²) in [6.07, 6.45) is -3.70. The van der Waals surface area contributed by atoms with Crippen molar-refractivity contribution in [2.24, 2.45) is 5.92 Å². The lowest BCUT2D eigenvalue weighted by Crippen LogP contribution is -2.56. The molecule has 1 amide bonds. The Morgan fingerprint density at radius 1 is 1.19 bits per heavy atom. The molecule has 178 valence electrons. The number of nitro groups is 1. The molecule has 2 fully saturated rings. The van der Waals surface area contributed by atoms with Crippen LogP contribution < -0.4 is 10.2 Å². The largest absolute Gasteiger partial charge is 0.416 e. The molecular weight excluding hydrogens is 429 g/mol. The van der Waals surface area contributed by atoms with E-state index in [1.807, 2.05) is 0 Å². The number of halogens is 3. The standard InChI is InChI=1S/C21H29F3N4O4/c1-20(2,27-9-11-32-12-10-27)14-25-19(29)15-5-7-26(8-6-15)17-4-3-16(21(22,23)24)13-18(17)28(30)31/h3-4,13,15H,5-12,14H2,1-2H3,(H,25,29). The SMILES string of the molecule is CC(C)(CNC(=O)C1CCN(c2ccc(C(F)(F)F)cc2[N+](=O)[O-])CC1)N1CCOCC1. The molecule has 0 unspecified atom stereocenters. The van der Waals surface area contributed by atoms with Crippen LogP contribution in [0.5, 0.6) is 0 Å². The van der Waals surface area contributed by atoms with Crippen molar-refractivity contribution in [3.05, 3.63) is 33.9 Å². The molecule has 0 radical (unpaired) electrons. The molecule has 3 rings (SSSR count). The first kappa shape index (κ1) is 24.2. The number of hydrogen-bond acceptors (Lipinski definition) is 6. The quantitative estimate of drug-likeness (QED) is 0.521. The van der Waals surface area contributed by atoms with Crippen LogP contribution in [0.3, 0.4) is 0 Å². The maximum atomic E-state index is 12.9. The monoisotopic (exact) mass is 458 g/mol. The van der Waals surface area contributed by atoms with Gasteiger partial charge < -0.3 is 15.0 Å². The molecule has 0 saturated carbocycles. The predicted molar refractivity (Wildman–Crippen MR) is 113 cm³/mol. The second-order valence-electron chi connectivity index (χ2n) is 8.85. The first-order valence-electron chi connectivity index (χ1n) is 10.7. The van der Waals surface area contributed by atoms with E-state index >= 15 is 0 Å². The number of rotatable bonds is 6. The topological polar surface area (TPSA) is 88.0 Å². The van der Waals surface area contributed by atoms with Gasteiger partial charge in [0.2, 0.25) is 5.91 Å². The number of hydrogen-bond donors (Lipinski definition) is 1. The molecule has 11 heteroatoms. The normalized spacial score (nSPS) is 19.1. The van der Waals surface area contributed by atoms with Gasteiger partial charge in [-0.1, -0.05) is 0 Å². The lowest BCUT2D eigenvalue weighted by molar-refractivity contribution is -0.384. The highest BCUT2D eigenvalue weighted by Gasteiger charge is 2.35. The molecular formula is C21H29F3N4O4. The van der Waals surface area contributed by atoms with Gasteiger partial charge in [-0.2, -0.15) is 13.2 Å². The van der Waals surface area contributed by atoms with Gasteiger partial charge >= 0.3 is 6.18 Å². The molecule has 2 aliphatic rings. The first-order valence-corrected chi connectivity index (χ1v) is 10.7. The van der Waals surface area contributed by atoms with Crippen molar-refractivity contribution in [3.8, 4) is 0 Å². The number of morpholine rings is 1. The number of anilines is 1. The molecule has 0 aliphatic carbocycles. The second kappa shape index (κ2) is 9.62. The van der Waals surface area contributed by atoms with E-state index in [9.17, 15) is 28.1 Å². The Hall–Kier alpha value is -2.40. The zero-order valence-electron chi connectivity index (χ0n) is 18.3. The van der Waals surface area contributed by atoms with Crippen LogP contribution >= 0.6 is 0 Å². The highest BCUT2D eigenvalue weighted by molar-refractivity contribution is 5.79. The van der Waals surface area contributed by atoms with Crippen LogP contribution in [-0.4, -0.2) is 67.2 Å². The molecule has 1 N–H and O–H groups in total. The number of carbonyl (C=O) groups excluding carboxylic acids is 1. The molecule has 32 heavy (non-hydrogen) atoms. The fraction of sp³-hybridized carbons (Fsp3) is 0.667. The summed E-state index contributed by atoms with van der Waals surface area (Å²) in [5, 5.41) is 14.4. The van der Waals surface area contributed by atoms with Gasteiger partial charge in [0.05, 0.1) is 23.7 Å². The Morgan fingerprint density at radius 2 is 1.81 bits per heavy atom. The van der Waals surface area contributed by atoms with E-state index in [0.29, 0.717) is 51.8 Å². The fourth-order valence-electron chi connectivity index (χ4n) is 4.22. The molecule has 0 aromatic heterocycles. The molecule has 2 aliphatic heterocycles. The van der Waals surface area contributed by atoms with Crippen LogP contribution in [0.4, 0.5) is 24.5 Å². The summed E-state index contributed by atoms with van der Waals surface area (Å²) < 4.78 is 44.2. The summed E-state index contributed by atoms with van der Waals surface area (Å²) in [7, 11) is 0. The molecule has 2 heterocycles. The van der Waals surface area contributed by atoms with Crippen molar-refractivity contribution in [1.82, 2.24) is 10.2 Å². The molecule has 8 nitrogen and oxygen atoms in total. The fourth-order valence-corrected chi connectivity index (χ4v) is 4.22. The average molecular weight is 458 g/mol. The molecule has 0 spiro atoms. The zero-order valence-corrected chi connectivity index (χ0v) is 18.3. The Balaban J connectivity index is 1.58. The molecule has 0 atom stereocenters. The van der Waals surface area contributed by atoms with Gasteiger partial charge in [-0.25, -0.2) is 0 Å². The Morgan fingerprint density at radius 3 is 2.38 bits per heavy atom. The Bertz CT molecular complexity index is 833. The van der Waals surface area contributed by atoms with Gasteiger partial charge in [0, 0.05) is 50.2 Å². The Kier molecular flexibility index (Phi) is 7.29. The number of benzene rings is 1. The minimum Gasteiger partial charge on any atom is -0.379 e. The number of piperidine rings is 1. The second-order valence-corrected chi connectivity index (χ2v) is 8.85. The number of ether oxygens (including phenoxy) is 1. The van der Waals surface area contributed by atoms with E-state index in [2.05, 4.69) is 24.1 Å². The highest BCUT2D eigenvalue weighted by atomic mass is 19.4. The third kappa shape index (κ3) is 5.69. The van der Waals surface area contributed by atoms with Crippen LogP contribution in [0.25, 0.3) is 0 Å². The van der Waals surface area contributed by atoms with Gasteiger partial charge in [-0.3, -0.25) is 19.8 Å². The minimum atomic E-state index is -4.65. The van der Waals surface area contributed by atoms with Crippen LogP contribution in [-0.2, 0) is 15.7 Å². The van der Waals surface area contributed by atoms with Gasteiger partial charge in [-0.15, -0.1) is 0 Å². The predicted octanol–water partition coefficient (Wildman–Crippen LogP) is 3.06. The van der Waals surface area contributed by atoms with Gasteiger partial charge in [0.1, 0.15) is 5.69 Å². The van der Waals surface area contributed by atoms with Gasteiger partial charge in [0.15, 0.2) is 0 Å². The Labute approximate surface area is 184 Å². The van der Waals surface area contributed by atoms with E-state index in [0.717, 1.165) is 25.2 Å². The maximum Gasteiger partial charge on any atom is 0.416 e. The van der Waals surface area contributed by atoms with Crippen LogP contribution in [0, 0.1) is 16.0 Å². The maximum absolute atomic E-state index is 12.9. The summed E-state index contributed by atoms with van der Waals surface area (Å²) in [4.78, 5) is 27.2. The average Bonchev–Trinajstić information content (AvgIpc) is 2.77. The highest BCUT2D eigenvalue weighted by Crippen LogP contribution is 2.37. The van der Waals surface area contributed by atoms with Crippen molar-refractivity contribution < 1.29 is 27.6 Å². The summed E-state index contributed by atoms with van der Waals surface area (Å²) >= 11 is 0. The van der Waals surface area contributed by atoms with E-state index in [1.165, 1.54) is 0 Å². The van der Waals surface area contributed by atoms with Crippen molar-refractivity contribution >= 4 is 17.3 Å². The summed E-state index contributed by atoms with van der Waals surface area (Å²) in [6, 6.07) is 2.57. The van der Waals surface area contributed by atoms with Crippen molar-refractivity contribution in [3.63, 3.8) is 0 Å². The first-order chi connectivity index (χ1) is 15.0. The lowest BCUT2D eigenvalue weighted by Gasteiger charge is -2.41. The number of nitro benzene ring substituents is 1. The van der Waals surface area contributed by atoms with E-state index in [1.54, 1.807) is 4.90 Å². The van der Waals surface area contributed by atoms with Crippen molar-refractivity contribution in [2.45, 2.75) is 38.4 Å². The number of nitrogens with zero attached hydrogens (tertiary/aromatic N) is 3. The molecule has 2 saturated heterocycles. The van der Waals surface area contributed by atoms with Crippen LogP contribution in [0.15, 0.2) is 18.2 Å². The molecule has 1 aromatic rings. The van der Waals surface area contributed by atoms with E-state index in [-0.39, 0.29) is 23.1 Å². The third-order valence-corrected chi connectivity index (χ3v) is 6.27. The number of amides is 1. The van der Waals surface area contributed by atoms with Gasteiger partial charge in [-0.05, 0) is 38.8 Å². The van der Waals surface area contributed by atoms with Gasteiger partial charge in [0.25, 0.3) is 5.69 Å². The van der Waals surface area contributed by atoms with Crippen LogP contribution in [0.1, 0.15) is 32.3 Å². The van der Waals surface area contributed by atoms with E-state index < -0.39 is 22.4 Å². The lowest BCUT2D eigenvalue weighted by atomic mass is 9.94. The number of nitrogens with one attached hydrogen (secondary N) is 1. The summed E-state index contributed by atoms with van der Waals surface area (Å²) in [5.41, 5.74) is -1.68. The molecule has 1 aromatic carbocycles. The smallest absolute Gasteiger partial charge is 0.379 e. The van der Waals surface area contributed by atoms with Crippen molar-refractivity contribution in [1.29, 1.82) is 0 Å². The third-order valence-electron chi connectivity index (χ3n) is 6.27. The summed E-state index contributed by atoms with van der Waals surface area (Å²) in [5.74, 6) is -0.298. The van der Waals surface area contributed by atoms with E-state index in [4.69, 9.17) is 4.74 Å². The number of carbonyl (C=O) groups is 1. The van der Waals surface area contributed by atoms with Crippen LogP contribution in [0.2, 0.25) is 0 Å². The summed E-state index contributed by atoms with van der Waals surface area (Å²) in [6.45, 7) is 8.33. The number of alkyl halides is 3. The molecule has 0 bridgehead atoms. The van der Waals surface area contributed by atoms with Crippen molar-refractivity contribution in [2.75, 3.05) is 50.8 Å². The minimum absolute atomic E-state index is 0.0621.